The molecule has 0 aliphatic carbocycles. The Labute approximate surface area is 372 Å². The number of carbonyl (C=O) groups is 1. The third-order valence-corrected chi connectivity index (χ3v) is 11.2. The maximum atomic E-state index is 15.3. The Morgan fingerprint density at radius 3 is 1.33 bits per heavy atom. The van der Waals surface area contributed by atoms with Crippen molar-refractivity contribution < 1.29 is 40.6 Å². The highest BCUT2D eigenvalue weighted by Crippen LogP contribution is 2.43. The molecular formula is C53H32F6N4O3. The molecule has 7 nitrogen and oxygen atoms in total. The number of ether oxygens (including phenoxy) is 2. The average Bonchev–Trinajstić information content (AvgIpc) is 3.33. The van der Waals surface area contributed by atoms with Crippen molar-refractivity contribution in [3.8, 4) is 33.8 Å². The van der Waals surface area contributed by atoms with Crippen LogP contribution in [0.25, 0.3) is 65.9 Å². The largest absolute Gasteiger partial charge is 0.487 e. The smallest absolute Gasteiger partial charge is 0.418 e. The maximum Gasteiger partial charge on any atom is 0.418 e. The standard InChI is InChI=1S/C53H32F6N4O3/c54-52(55,56)43-17-7-15-39-47(33-11-5-13-37(25-33)65-29-35-23-21-31-9-1-3-19-45(31)62-35)41(27-60-49(39)43)51(64)42-28-61-50-40(16-8-18-44(50)53(57,58)59)48(42)34-12-6-14-38(26-34)66-30-36-24-22-32-10-2-4-20-46(32)63-36/h1-28H,29-30H2. The first kappa shape index (κ1) is 41.8. The average molecular weight is 887 g/mol. The molecule has 0 saturated carbocycles. The van der Waals surface area contributed by atoms with Crippen molar-refractivity contribution in [2.75, 3.05) is 0 Å². The van der Waals surface area contributed by atoms with Crippen LogP contribution >= 0.6 is 0 Å². The maximum absolute atomic E-state index is 15.3. The molecule has 0 radical (unpaired) electrons. The van der Waals surface area contributed by atoms with Gasteiger partial charge in [-0.2, -0.15) is 26.3 Å². The Morgan fingerprint density at radius 1 is 0.470 bits per heavy atom. The molecule has 10 aromatic rings. The van der Waals surface area contributed by atoms with Gasteiger partial charge in [0.25, 0.3) is 0 Å². The van der Waals surface area contributed by atoms with Crippen LogP contribution in [0.1, 0.15) is 38.4 Å². The van der Waals surface area contributed by atoms with Gasteiger partial charge in [0.15, 0.2) is 5.78 Å². The minimum absolute atomic E-state index is 0.0105. The summed E-state index contributed by atoms with van der Waals surface area (Å²) in [4.78, 5) is 33.1. The van der Waals surface area contributed by atoms with Gasteiger partial charge in [-0.15, -0.1) is 0 Å². The molecule has 0 spiro atoms. The highest BCUT2D eigenvalue weighted by molar-refractivity contribution is 6.21. The molecule has 324 valence electrons. The number of halogens is 6. The number of pyridine rings is 4. The van der Waals surface area contributed by atoms with Crippen LogP contribution in [0.4, 0.5) is 26.3 Å². The second-order valence-electron chi connectivity index (χ2n) is 15.4. The number of nitrogens with zero attached hydrogens (tertiary/aromatic N) is 4. The molecule has 0 aliphatic heterocycles. The van der Waals surface area contributed by atoms with E-state index >= 15 is 4.79 Å². The number of benzene rings is 6. The fraction of sp³-hybridized carbons (Fsp3) is 0.0755. The van der Waals surface area contributed by atoms with Crippen molar-refractivity contribution in [1.82, 2.24) is 19.9 Å². The highest BCUT2D eigenvalue weighted by atomic mass is 19.4. The number of fused-ring (bicyclic) bond motifs is 4. The summed E-state index contributed by atoms with van der Waals surface area (Å²) >= 11 is 0. The Morgan fingerprint density at radius 2 is 0.894 bits per heavy atom. The van der Waals surface area contributed by atoms with Gasteiger partial charge in [-0.05, 0) is 71.8 Å². The fourth-order valence-electron chi connectivity index (χ4n) is 8.19. The van der Waals surface area contributed by atoms with E-state index in [0.29, 0.717) is 34.0 Å². The van der Waals surface area contributed by atoms with E-state index in [2.05, 4.69) is 19.9 Å². The number of alkyl halides is 6. The molecule has 10 rings (SSSR count). The Hall–Kier alpha value is -8.19. The van der Waals surface area contributed by atoms with Crippen LogP contribution in [0.2, 0.25) is 0 Å². The Bertz CT molecular complexity index is 3290. The monoisotopic (exact) mass is 886 g/mol. The summed E-state index contributed by atoms with van der Waals surface area (Å²) < 4.78 is 99.4. The van der Waals surface area contributed by atoms with E-state index in [1.54, 1.807) is 48.5 Å². The van der Waals surface area contributed by atoms with E-state index in [9.17, 15) is 26.3 Å². The van der Waals surface area contributed by atoms with Crippen molar-refractivity contribution in [2.45, 2.75) is 25.6 Å². The lowest BCUT2D eigenvalue weighted by Gasteiger charge is -2.19. The fourth-order valence-corrected chi connectivity index (χ4v) is 8.19. The number of hydrogen-bond donors (Lipinski definition) is 0. The van der Waals surface area contributed by atoms with Crippen LogP contribution < -0.4 is 9.47 Å². The molecule has 0 bridgehead atoms. The minimum Gasteiger partial charge on any atom is -0.487 e. The van der Waals surface area contributed by atoms with Crippen LogP contribution in [-0.2, 0) is 25.6 Å². The first-order valence-corrected chi connectivity index (χ1v) is 20.6. The quantitative estimate of drug-likeness (QED) is 0.0998. The first-order chi connectivity index (χ1) is 31.9. The van der Waals surface area contributed by atoms with Gasteiger partial charge < -0.3 is 9.47 Å². The van der Waals surface area contributed by atoms with Crippen LogP contribution in [0.3, 0.4) is 0 Å². The molecule has 13 heteroatoms. The minimum atomic E-state index is -4.80. The predicted octanol–water partition coefficient (Wildman–Crippen LogP) is 13.6. The van der Waals surface area contributed by atoms with Crippen molar-refractivity contribution in [2.24, 2.45) is 0 Å². The van der Waals surface area contributed by atoms with E-state index in [1.165, 1.54) is 24.3 Å². The molecule has 0 aliphatic rings. The molecule has 0 atom stereocenters. The van der Waals surface area contributed by atoms with Crippen LogP contribution in [0.15, 0.2) is 170 Å². The van der Waals surface area contributed by atoms with Gasteiger partial charge >= 0.3 is 12.4 Å². The molecule has 0 saturated heterocycles. The van der Waals surface area contributed by atoms with E-state index in [4.69, 9.17) is 9.47 Å². The van der Waals surface area contributed by atoms with Gasteiger partial charge in [-0.1, -0.05) is 97.1 Å². The Kier molecular flexibility index (Phi) is 10.6. The molecule has 66 heavy (non-hydrogen) atoms. The van der Waals surface area contributed by atoms with E-state index in [-0.39, 0.29) is 46.2 Å². The van der Waals surface area contributed by atoms with Crippen molar-refractivity contribution in [3.63, 3.8) is 0 Å². The van der Waals surface area contributed by atoms with Crippen LogP contribution in [0, 0.1) is 0 Å². The van der Waals surface area contributed by atoms with Crippen LogP contribution in [0.5, 0.6) is 11.5 Å². The van der Waals surface area contributed by atoms with Gasteiger partial charge in [0.2, 0.25) is 0 Å². The third kappa shape index (κ3) is 8.11. The number of para-hydroxylation sites is 4. The first-order valence-electron chi connectivity index (χ1n) is 20.6. The highest BCUT2D eigenvalue weighted by Gasteiger charge is 2.36. The second-order valence-corrected chi connectivity index (χ2v) is 15.4. The summed E-state index contributed by atoms with van der Waals surface area (Å²) in [7, 11) is 0. The Balaban J connectivity index is 1.10. The van der Waals surface area contributed by atoms with Gasteiger partial charge in [0.05, 0.1) is 44.6 Å². The number of ketones is 1. The zero-order chi connectivity index (χ0) is 45.6. The van der Waals surface area contributed by atoms with Gasteiger partial charge in [0, 0.05) is 56.2 Å². The van der Waals surface area contributed by atoms with Gasteiger partial charge in [0.1, 0.15) is 24.7 Å². The molecule has 0 N–H and O–H groups in total. The van der Waals surface area contributed by atoms with E-state index in [0.717, 1.165) is 46.3 Å². The molecule has 6 aromatic carbocycles. The SMILES string of the molecule is O=C(c1cnc2c(C(F)(F)F)cccc2c1-c1cccc(OCc2ccc3ccccc3n2)c1)c1cnc2c(C(F)(F)F)cccc2c1-c1cccc(OCc2ccc3ccccc3n2)c1. The van der Waals surface area contributed by atoms with Crippen molar-refractivity contribution in [1.29, 1.82) is 0 Å². The molecule has 4 aromatic heterocycles. The zero-order valence-corrected chi connectivity index (χ0v) is 34.4. The summed E-state index contributed by atoms with van der Waals surface area (Å²) in [5, 5.41) is 1.92. The summed E-state index contributed by atoms with van der Waals surface area (Å²) in [5.74, 6) is -0.0838. The number of carbonyl (C=O) groups excluding carboxylic acids is 1. The van der Waals surface area contributed by atoms with Crippen molar-refractivity contribution >= 4 is 49.4 Å². The van der Waals surface area contributed by atoms with Gasteiger partial charge in [-0.25, -0.2) is 9.97 Å². The molecule has 0 unspecified atom stereocenters. The zero-order valence-electron chi connectivity index (χ0n) is 34.4. The summed E-state index contributed by atoms with van der Waals surface area (Å²) in [5.41, 5.74) is 0.552. The topological polar surface area (TPSA) is 87.1 Å². The summed E-state index contributed by atoms with van der Waals surface area (Å²) in [6.45, 7) is 0.117. The molecule has 4 heterocycles. The summed E-state index contributed by atoms with van der Waals surface area (Å²) in [6, 6.07) is 43.0. The predicted molar refractivity (Wildman–Crippen MR) is 240 cm³/mol. The summed E-state index contributed by atoms with van der Waals surface area (Å²) in [6.07, 6.45) is -7.46. The lowest BCUT2D eigenvalue weighted by atomic mass is 9.87. The van der Waals surface area contributed by atoms with E-state index in [1.807, 2.05) is 72.8 Å². The molecular weight excluding hydrogens is 855 g/mol. The number of aromatic nitrogens is 4. The lowest BCUT2D eigenvalue weighted by Crippen LogP contribution is -2.12. The van der Waals surface area contributed by atoms with Crippen molar-refractivity contribution in [3.05, 3.63) is 204 Å². The second kappa shape index (κ2) is 16.7. The normalized spacial score (nSPS) is 12.0. The molecule has 0 amide bonds. The molecule has 0 fully saturated rings. The van der Waals surface area contributed by atoms with E-state index < -0.39 is 40.3 Å². The number of rotatable bonds is 10. The van der Waals surface area contributed by atoms with Crippen LogP contribution in [-0.4, -0.2) is 25.7 Å². The lowest BCUT2D eigenvalue weighted by molar-refractivity contribution is -0.137. The third-order valence-electron chi connectivity index (χ3n) is 11.2. The van der Waals surface area contributed by atoms with Gasteiger partial charge in [-0.3, -0.25) is 14.8 Å². The number of hydrogen-bond acceptors (Lipinski definition) is 7.